The normalized spacial score (nSPS) is 21.9. The van der Waals surface area contributed by atoms with Crippen molar-refractivity contribution in [2.45, 2.75) is 39.7 Å². The molecule has 0 aromatic heterocycles. The van der Waals surface area contributed by atoms with E-state index >= 15 is 0 Å². The molecule has 1 heterocycles. The molecule has 0 saturated carbocycles. The maximum atomic E-state index is 12.1. The van der Waals surface area contributed by atoms with E-state index in [9.17, 15) is 4.79 Å². The smallest absolute Gasteiger partial charge is 0.223 e. The molecule has 1 rings (SSSR count). The molecule has 1 atom stereocenters. The van der Waals surface area contributed by atoms with Crippen molar-refractivity contribution in [2.75, 3.05) is 40.3 Å². The maximum absolute atomic E-state index is 12.1. The molecule has 1 aliphatic rings. The molecular formula is C14H29N3O. The molecule has 0 aromatic carbocycles. The van der Waals surface area contributed by atoms with Crippen molar-refractivity contribution in [3.05, 3.63) is 0 Å². The number of hydrogen-bond acceptors (Lipinski definition) is 3. The Bertz CT molecular complexity index is 273. The molecule has 0 radical (unpaired) electrons. The van der Waals surface area contributed by atoms with Crippen LogP contribution in [0.3, 0.4) is 0 Å². The zero-order valence-corrected chi connectivity index (χ0v) is 12.6. The van der Waals surface area contributed by atoms with Gasteiger partial charge in [-0.2, -0.15) is 0 Å². The highest BCUT2D eigenvalue weighted by Gasteiger charge is 2.21. The van der Waals surface area contributed by atoms with Gasteiger partial charge in [0.25, 0.3) is 0 Å². The lowest BCUT2D eigenvalue weighted by molar-refractivity contribution is -0.130. The molecule has 1 amide bonds. The number of nitrogens with zero attached hydrogens (tertiary/aromatic N) is 2. The molecule has 1 aliphatic heterocycles. The third-order valence-corrected chi connectivity index (χ3v) is 3.50. The minimum absolute atomic E-state index is 0.257. The molecule has 1 fully saturated rings. The summed E-state index contributed by atoms with van der Waals surface area (Å²) in [5, 5.41) is 3.42. The van der Waals surface area contributed by atoms with Crippen LogP contribution in [0.5, 0.6) is 0 Å². The van der Waals surface area contributed by atoms with Crippen LogP contribution >= 0.6 is 0 Å². The van der Waals surface area contributed by atoms with E-state index in [0.717, 1.165) is 32.6 Å². The van der Waals surface area contributed by atoms with E-state index in [-0.39, 0.29) is 11.3 Å². The second-order valence-corrected chi connectivity index (χ2v) is 6.74. The summed E-state index contributed by atoms with van der Waals surface area (Å²) in [5.74, 6) is 0.257. The highest BCUT2D eigenvalue weighted by molar-refractivity contribution is 5.76. The summed E-state index contributed by atoms with van der Waals surface area (Å²) < 4.78 is 0. The number of carbonyl (C=O) groups excluding carboxylic acids is 1. The van der Waals surface area contributed by atoms with Crippen molar-refractivity contribution in [2.24, 2.45) is 5.41 Å². The number of amides is 1. The summed E-state index contributed by atoms with van der Waals surface area (Å²) in [6.45, 7) is 10.5. The van der Waals surface area contributed by atoms with E-state index in [2.05, 4.69) is 38.0 Å². The van der Waals surface area contributed by atoms with Crippen LogP contribution in [0.15, 0.2) is 0 Å². The second kappa shape index (κ2) is 6.53. The van der Waals surface area contributed by atoms with E-state index in [0.29, 0.717) is 12.5 Å². The predicted octanol–water partition coefficient (Wildman–Crippen LogP) is 1.17. The number of carbonyl (C=O) groups is 1. The summed E-state index contributed by atoms with van der Waals surface area (Å²) in [6, 6.07) is 0.313. The van der Waals surface area contributed by atoms with Gasteiger partial charge >= 0.3 is 0 Å². The number of hydrogen-bond donors (Lipinski definition) is 1. The Morgan fingerprint density at radius 3 is 2.67 bits per heavy atom. The van der Waals surface area contributed by atoms with Crippen molar-refractivity contribution in [3.63, 3.8) is 0 Å². The average Bonchev–Trinajstić information content (AvgIpc) is 2.24. The molecule has 18 heavy (non-hydrogen) atoms. The molecule has 106 valence electrons. The van der Waals surface area contributed by atoms with Crippen LogP contribution in [0, 0.1) is 5.41 Å². The Kier molecular flexibility index (Phi) is 5.60. The fourth-order valence-electron chi connectivity index (χ4n) is 2.12. The molecule has 1 saturated heterocycles. The maximum Gasteiger partial charge on any atom is 0.223 e. The van der Waals surface area contributed by atoms with E-state index in [1.807, 2.05) is 11.9 Å². The van der Waals surface area contributed by atoms with Gasteiger partial charge in [0.1, 0.15) is 0 Å². The third-order valence-electron chi connectivity index (χ3n) is 3.50. The summed E-state index contributed by atoms with van der Waals surface area (Å²) in [5.41, 5.74) is 0.290. The minimum Gasteiger partial charge on any atom is -0.346 e. The van der Waals surface area contributed by atoms with Crippen LogP contribution < -0.4 is 5.32 Å². The zero-order chi connectivity index (χ0) is 13.8. The molecule has 1 unspecified atom stereocenters. The Balaban J connectivity index is 2.30. The van der Waals surface area contributed by atoms with Crippen LogP contribution in [-0.2, 0) is 4.79 Å². The molecule has 4 heteroatoms. The van der Waals surface area contributed by atoms with Crippen LogP contribution in [0.2, 0.25) is 0 Å². The van der Waals surface area contributed by atoms with Crippen molar-refractivity contribution in [1.29, 1.82) is 0 Å². The van der Waals surface area contributed by atoms with E-state index in [1.165, 1.54) is 0 Å². The van der Waals surface area contributed by atoms with Gasteiger partial charge in [0.15, 0.2) is 0 Å². The van der Waals surface area contributed by atoms with Crippen molar-refractivity contribution in [3.8, 4) is 0 Å². The molecule has 0 aromatic rings. The number of nitrogens with one attached hydrogen (secondary N) is 1. The summed E-state index contributed by atoms with van der Waals surface area (Å²) in [4.78, 5) is 16.3. The Morgan fingerprint density at radius 1 is 1.44 bits per heavy atom. The predicted molar refractivity (Wildman–Crippen MR) is 75.6 cm³/mol. The summed E-state index contributed by atoms with van der Waals surface area (Å²) in [6.07, 6.45) is 1.66. The first-order valence-electron chi connectivity index (χ1n) is 6.94. The zero-order valence-electron chi connectivity index (χ0n) is 12.6. The van der Waals surface area contributed by atoms with Crippen LogP contribution in [0.4, 0.5) is 0 Å². The highest BCUT2D eigenvalue weighted by Crippen LogP contribution is 2.18. The van der Waals surface area contributed by atoms with Gasteiger partial charge in [-0.25, -0.2) is 0 Å². The lowest BCUT2D eigenvalue weighted by Gasteiger charge is -2.32. The van der Waals surface area contributed by atoms with Gasteiger partial charge in [-0.3, -0.25) is 4.79 Å². The summed E-state index contributed by atoms with van der Waals surface area (Å²) in [7, 11) is 4.03. The second-order valence-electron chi connectivity index (χ2n) is 6.74. The van der Waals surface area contributed by atoms with Crippen molar-refractivity contribution in [1.82, 2.24) is 15.1 Å². The molecule has 0 bridgehead atoms. The largest absolute Gasteiger partial charge is 0.346 e. The SMILES string of the molecule is CN1CCNC(CC(=O)N(C)CCC(C)(C)C)C1. The number of likely N-dealkylation sites (N-methyl/N-ethyl adjacent to an activating group) is 1. The molecule has 4 nitrogen and oxygen atoms in total. The number of rotatable bonds is 4. The Labute approximate surface area is 112 Å². The first-order chi connectivity index (χ1) is 8.28. The monoisotopic (exact) mass is 255 g/mol. The van der Waals surface area contributed by atoms with Gasteiger partial charge in [-0.15, -0.1) is 0 Å². The van der Waals surface area contributed by atoms with Crippen LogP contribution in [0.1, 0.15) is 33.6 Å². The first-order valence-corrected chi connectivity index (χ1v) is 6.94. The van der Waals surface area contributed by atoms with Crippen LogP contribution in [0.25, 0.3) is 0 Å². The molecule has 0 spiro atoms. The topological polar surface area (TPSA) is 35.6 Å². The van der Waals surface area contributed by atoms with Gasteiger partial charge in [-0.05, 0) is 18.9 Å². The molecule has 1 N–H and O–H groups in total. The van der Waals surface area contributed by atoms with Gasteiger partial charge in [0.2, 0.25) is 5.91 Å². The van der Waals surface area contributed by atoms with Crippen molar-refractivity contribution < 1.29 is 4.79 Å². The molecular weight excluding hydrogens is 226 g/mol. The highest BCUT2D eigenvalue weighted by atomic mass is 16.2. The minimum atomic E-state index is 0.257. The standard InChI is InChI=1S/C14H29N3O/c1-14(2,3)6-8-17(5)13(18)10-12-11-16(4)9-7-15-12/h12,15H,6-11H2,1-5H3. The lowest BCUT2D eigenvalue weighted by Crippen LogP contribution is -2.50. The van der Waals surface area contributed by atoms with Crippen LogP contribution in [-0.4, -0.2) is 62.0 Å². The Morgan fingerprint density at radius 2 is 2.11 bits per heavy atom. The fraction of sp³-hybridized carbons (Fsp3) is 0.929. The van der Waals surface area contributed by atoms with Gasteiger partial charge in [0.05, 0.1) is 0 Å². The fourth-order valence-corrected chi connectivity index (χ4v) is 2.12. The van der Waals surface area contributed by atoms with E-state index < -0.39 is 0 Å². The summed E-state index contributed by atoms with van der Waals surface area (Å²) >= 11 is 0. The van der Waals surface area contributed by atoms with E-state index in [1.54, 1.807) is 0 Å². The van der Waals surface area contributed by atoms with Gasteiger partial charge < -0.3 is 15.1 Å². The van der Waals surface area contributed by atoms with Crippen molar-refractivity contribution >= 4 is 5.91 Å². The first kappa shape index (κ1) is 15.4. The number of piperazine rings is 1. The van der Waals surface area contributed by atoms with Gasteiger partial charge in [-0.1, -0.05) is 20.8 Å². The Hall–Kier alpha value is -0.610. The van der Waals surface area contributed by atoms with E-state index in [4.69, 9.17) is 0 Å². The van der Waals surface area contributed by atoms with Gasteiger partial charge in [0, 0.05) is 45.7 Å². The average molecular weight is 255 g/mol. The molecule has 0 aliphatic carbocycles. The lowest BCUT2D eigenvalue weighted by atomic mass is 9.92. The quantitative estimate of drug-likeness (QED) is 0.819. The third kappa shape index (κ3) is 5.83.